The number of hydrogen-bond acceptors (Lipinski definition) is 8. The molecule has 0 aliphatic carbocycles. The number of terminal acetylenes is 1. The molecule has 0 unspecified atom stereocenters. The van der Waals surface area contributed by atoms with Gasteiger partial charge in [0.05, 0.1) is 36.2 Å². The number of benzene rings is 1. The van der Waals surface area contributed by atoms with Crippen LogP contribution in [0, 0.1) is 12.3 Å². The fourth-order valence-electron chi connectivity index (χ4n) is 3.99. The molecule has 11 nitrogen and oxygen atoms in total. The van der Waals surface area contributed by atoms with Gasteiger partial charge in [0.2, 0.25) is 10.0 Å². The van der Waals surface area contributed by atoms with E-state index in [1.807, 2.05) is 24.1 Å². The Morgan fingerprint density at radius 1 is 1.08 bits per heavy atom. The van der Waals surface area contributed by atoms with Crippen LogP contribution in [0.4, 0.5) is 17.2 Å². The zero-order valence-electron chi connectivity index (χ0n) is 19.6. The Kier molecular flexibility index (Phi) is 6.72. The molecular weight excluding hydrogens is 494 g/mol. The third-order valence-electron chi connectivity index (χ3n) is 5.74. The average Bonchev–Trinajstić information content (AvgIpc) is 3.35. The molecule has 4 aromatic rings. The van der Waals surface area contributed by atoms with E-state index in [4.69, 9.17) is 11.2 Å². The van der Waals surface area contributed by atoms with Gasteiger partial charge in [-0.15, -0.1) is 6.42 Å². The van der Waals surface area contributed by atoms with Crippen LogP contribution in [-0.4, -0.2) is 60.6 Å². The lowest BCUT2D eigenvalue weighted by atomic mass is 10.1. The molecule has 1 aromatic carbocycles. The molecule has 4 heterocycles. The summed E-state index contributed by atoms with van der Waals surface area (Å²) in [5, 5.41) is 3.37. The fraction of sp³-hybridized carbons (Fsp3) is 0.200. The highest BCUT2D eigenvalue weighted by Crippen LogP contribution is 2.30. The second-order valence-corrected chi connectivity index (χ2v) is 10.0. The number of carbonyl (C=O) groups is 1. The van der Waals surface area contributed by atoms with E-state index in [0.29, 0.717) is 30.3 Å². The molecule has 5 rings (SSSR count). The van der Waals surface area contributed by atoms with Crippen LogP contribution in [0.25, 0.3) is 22.3 Å². The molecule has 1 amide bonds. The van der Waals surface area contributed by atoms with Gasteiger partial charge in [-0.1, -0.05) is 12.1 Å². The Morgan fingerprint density at radius 3 is 2.54 bits per heavy atom. The summed E-state index contributed by atoms with van der Waals surface area (Å²) in [5.41, 5.74) is 3.58. The van der Waals surface area contributed by atoms with Crippen LogP contribution in [0.3, 0.4) is 0 Å². The van der Waals surface area contributed by atoms with Gasteiger partial charge in [-0.05, 0) is 41.8 Å². The highest BCUT2D eigenvalue weighted by molar-refractivity contribution is 7.91. The molecule has 0 saturated carbocycles. The Labute approximate surface area is 213 Å². The van der Waals surface area contributed by atoms with Gasteiger partial charge >= 0.3 is 0 Å². The van der Waals surface area contributed by atoms with Crippen LogP contribution in [-0.2, 0) is 25.3 Å². The Bertz CT molecular complexity index is 1570. The number of aromatic amines is 1. The lowest BCUT2D eigenvalue weighted by molar-refractivity contribution is -0.111. The Balaban J connectivity index is 1.28. The number of fused-ring (bicyclic) bond motifs is 1. The summed E-state index contributed by atoms with van der Waals surface area (Å²) < 4.78 is 33.3. The number of sulfonamides is 1. The summed E-state index contributed by atoms with van der Waals surface area (Å²) in [7, 11) is -3.72. The minimum atomic E-state index is -3.72. The molecule has 1 saturated heterocycles. The standard InChI is InChI=1S/C25H23N7O4S/c1-2-23(33)29-19-7-8-20(26-14-19)15-37(34,35)31-18-5-3-17(4-6-18)22-13-21-24(30-22)27-16-28-25(21)32-9-11-36-12-10-32/h1,3-8,13-14,16,31H,9-12,15H2,(H,29,33)(H,27,28,30). The molecule has 1 aliphatic heterocycles. The van der Waals surface area contributed by atoms with Crippen molar-refractivity contribution < 1.29 is 17.9 Å². The number of hydrogen-bond donors (Lipinski definition) is 3. The van der Waals surface area contributed by atoms with Gasteiger partial charge in [-0.25, -0.2) is 18.4 Å². The number of ether oxygens (including phenoxy) is 1. The van der Waals surface area contributed by atoms with E-state index in [2.05, 4.69) is 34.9 Å². The number of H-pyrrole nitrogens is 1. The zero-order chi connectivity index (χ0) is 25.8. The van der Waals surface area contributed by atoms with E-state index in [-0.39, 0.29) is 5.75 Å². The predicted molar refractivity (Wildman–Crippen MR) is 140 cm³/mol. The maximum atomic E-state index is 12.7. The maximum absolute atomic E-state index is 12.7. The summed E-state index contributed by atoms with van der Waals surface area (Å²) in [4.78, 5) is 29.7. The van der Waals surface area contributed by atoms with Crippen molar-refractivity contribution >= 4 is 44.2 Å². The van der Waals surface area contributed by atoms with Crippen LogP contribution in [0.5, 0.6) is 0 Å². The number of anilines is 3. The van der Waals surface area contributed by atoms with Crippen LogP contribution in [0.1, 0.15) is 5.69 Å². The number of rotatable bonds is 7. The van der Waals surface area contributed by atoms with Crippen LogP contribution in [0.15, 0.2) is 55.0 Å². The molecule has 37 heavy (non-hydrogen) atoms. The molecule has 0 radical (unpaired) electrons. The van der Waals surface area contributed by atoms with Crippen LogP contribution in [0.2, 0.25) is 0 Å². The van der Waals surface area contributed by atoms with Gasteiger partial charge in [0, 0.05) is 24.5 Å². The van der Waals surface area contributed by atoms with Crippen molar-refractivity contribution in [2.24, 2.45) is 0 Å². The summed E-state index contributed by atoms with van der Waals surface area (Å²) in [6.45, 7) is 2.85. The lowest BCUT2D eigenvalue weighted by Crippen LogP contribution is -2.36. The minimum absolute atomic E-state index is 0.318. The summed E-state index contributed by atoms with van der Waals surface area (Å²) in [5.74, 6) is 1.86. The SMILES string of the molecule is C#CC(=O)Nc1ccc(CS(=O)(=O)Nc2ccc(-c3cc4c(N5CCOCC5)ncnc4[nH]3)cc2)nc1. The molecule has 0 bridgehead atoms. The quantitative estimate of drug-likeness (QED) is 0.317. The minimum Gasteiger partial charge on any atom is -0.378 e. The van der Waals surface area contributed by atoms with Crippen molar-refractivity contribution in [1.82, 2.24) is 19.9 Å². The van der Waals surface area contributed by atoms with E-state index in [1.54, 1.807) is 18.5 Å². The van der Waals surface area contributed by atoms with E-state index < -0.39 is 15.9 Å². The summed E-state index contributed by atoms with van der Waals surface area (Å²) in [6, 6.07) is 12.1. The number of nitrogens with one attached hydrogen (secondary N) is 3. The Morgan fingerprint density at radius 2 is 1.84 bits per heavy atom. The molecule has 12 heteroatoms. The first-order chi connectivity index (χ1) is 17.9. The lowest BCUT2D eigenvalue weighted by Gasteiger charge is -2.27. The average molecular weight is 518 g/mol. The topological polar surface area (TPSA) is 142 Å². The number of morpholine rings is 1. The number of nitrogens with zero attached hydrogens (tertiary/aromatic N) is 4. The van der Waals surface area contributed by atoms with E-state index in [9.17, 15) is 13.2 Å². The number of carbonyl (C=O) groups excluding carboxylic acids is 1. The van der Waals surface area contributed by atoms with E-state index in [1.165, 1.54) is 18.3 Å². The van der Waals surface area contributed by atoms with Crippen molar-refractivity contribution in [3.05, 3.63) is 60.7 Å². The molecule has 1 fully saturated rings. The molecule has 0 atom stereocenters. The van der Waals surface area contributed by atoms with Gasteiger partial charge in [0.15, 0.2) is 0 Å². The fourth-order valence-corrected chi connectivity index (χ4v) is 5.12. The van der Waals surface area contributed by atoms with Crippen molar-refractivity contribution in [2.45, 2.75) is 5.75 Å². The number of aromatic nitrogens is 4. The molecule has 1 aliphatic rings. The predicted octanol–water partition coefficient (Wildman–Crippen LogP) is 2.37. The van der Waals surface area contributed by atoms with Crippen LogP contribution >= 0.6 is 0 Å². The van der Waals surface area contributed by atoms with Gasteiger partial charge in [0.1, 0.15) is 23.5 Å². The molecule has 3 N–H and O–H groups in total. The second kappa shape index (κ2) is 10.3. The monoisotopic (exact) mass is 517 g/mol. The third kappa shape index (κ3) is 5.69. The smallest absolute Gasteiger partial charge is 0.300 e. The maximum Gasteiger partial charge on any atom is 0.300 e. The normalized spacial score (nSPS) is 13.8. The first-order valence-electron chi connectivity index (χ1n) is 11.4. The molecule has 3 aromatic heterocycles. The molecular formula is C25H23N7O4S. The third-order valence-corrected chi connectivity index (χ3v) is 6.96. The van der Waals surface area contributed by atoms with Crippen molar-refractivity contribution in [3.63, 3.8) is 0 Å². The molecule has 0 spiro atoms. The zero-order valence-corrected chi connectivity index (χ0v) is 20.5. The van der Waals surface area contributed by atoms with Gasteiger partial charge in [-0.2, -0.15) is 0 Å². The summed E-state index contributed by atoms with van der Waals surface area (Å²) in [6.07, 6.45) is 7.91. The van der Waals surface area contributed by atoms with Crippen molar-refractivity contribution in [3.8, 4) is 23.6 Å². The van der Waals surface area contributed by atoms with Gasteiger partial charge in [0.25, 0.3) is 5.91 Å². The Hall–Kier alpha value is -4.47. The number of amides is 1. The van der Waals surface area contributed by atoms with Crippen molar-refractivity contribution in [1.29, 1.82) is 0 Å². The highest BCUT2D eigenvalue weighted by atomic mass is 32.2. The largest absolute Gasteiger partial charge is 0.378 e. The first kappa shape index (κ1) is 24.2. The number of pyridine rings is 1. The van der Waals surface area contributed by atoms with Crippen LogP contribution < -0.4 is 14.9 Å². The highest BCUT2D eigenvalue weighted by Gasteiger charge is 2.18. The van der Waals surface area contributed by atoms with E-state index in [0.717, 1.165) is 41.2 Å². The van der Waals surface area contributed by atoms with Gasteiger partial charge < -0.3 is 19.9 Å². The second-order valence-electron chi connectivity index (χ2n) is 8.32. The molecule has 188 valence electrons. The summed E-state index contributed by atoms with van der Waals surface area (Å²) >= 11 is 0. The van der Waals surface area contributed by atoms with Gasteiger partial charge in [-0.3, -0.25) is 14.5 Å². The van der Waals surface area contributed by atoms with E-state index >= 15 is 0 Å². The first-order valence-corrected chi connectivity index (χ1v) is 13.1. The van der Waals surface area contributed by atoms with Crippen molar-refractivity contribution in [2.75, 3.05) is 41.2 Å².